The van der Waals surface area contributed by atoms with Crippen LogP contribution in [0.25, 0.3) is 0 Å². The Balaban J connectivity index is -0.000000347. The van der Waals surface area contributed by atoms with Gasteiger partial charge in [0.1, 0.15) is 0 Å². The van der Waals surface area contributed by atoms with Crippen LogP contribution in [0.5, 0.6) is 0 Å². The number of amides is 1. The number of esters is 6. The molecule has 14 heteroatoms. The third kappa shape index (κ3) is 118. The summed E-state index contributed by atoms with van der Waals surface area (Å²) < 4.78 is 30.2. The molecule has 0 spiro atoms. The van der Waals surface area contributed by atoms with Gasteiger partial charge in [-0.25, -0.2) is 28.8 Å². The van der Waals surface area contributed by atoms with Gasteiger partial charge in [0.15, 0.2) is 0 Å². The van der Waals surface area contributed by atoms with Crippen molar-refractivity contribution in [3.63, 3.8) is 0 Å². The normalized spacial score (nSPS) is 11.1. The largest absolute Gasteiger partial charge is 0.462 e. The molecule has 1 saturated heterocycles. The molecule has 0 atom stereocenters. The molecular weight excluding hydrogens is 1590 g/mol. The van der Waals surface area contributed by atoms with Gasteiger partial charge < -0.3 is 33.3 Å². The van der Waals surface area contributed by atoms with E-state index in [-0.39, 0.29) is 41.7 Å². The molecule has 0 unspecified atom stereocenters. The lowest BCUT2D eigenvalue weighted by Crippen LogP contribution is -2.16. The maximum atomic E-state index is 11.2. The average Bonchev–Trinajstić information content (AvgIpc) is 1.80. The highest BCUT2D eigenvalue weighted by atomic mass is 16.6. The van der Waals surface area contributed by atoms with E-state index in [1.54, 1.807) is 52.6 Å². The summed E-state index contributed by atoms with van der Waals surface area (Å²) in [5.74, 6) is -0.973. The van der Waals surface area contributed by atoms with Gasteiger partial charge >= 0.3 is 35.8 Å². The number of ether oxygens (including phenoxy) is 6. The zero-order valence-electron chi connectivity index (χ0n) is 87.2. The second-order valence-corrected chi connectivity index (χ2v) is 37.2. The topological polar surface area (TPSA) is 178 Å². The second kappa shape index (κ2) is 112. The van der Waals surface area contributed by atoms with Crippen molar-refractivity contribution in [2.45, 2.75) is 552 Å². The zero-order chi connectivity index (χ0) is 96.5. The summed E-state index contributed by atoms with van der Waals surface area (Å²) in [6.07, 6.45) is 97.3. The summed E-state index contributed by atoms with van der Waals surface area (Å²) in [6, 6.07) is 0. The van der Waals surface area contributed by atoms with Gasteiger partial charge in [0.2, 0.25) is 5.91 Å². The van der Waals surface area contributed by atoms with Gasteiger partial charge in [0.05, 0.1) is 39.6 Å². The fourth-order valence-electron chi connectivity index (χ4n) is 14.2. The first kappa shape index (κ1) is 133. The Morgan fingerprint density at radius 2 is 0.383 bits per heavy atom. The van der Waals surface area contributed by atoms with Crippen LogP contribution < -0.4 is 0 Å². The molecule has 0 saturated carbocycles. The molecule has 1 aliphatic heterocycles. The number of likely N-dealkylation sites (tertiary alicyclic amines) is 1. The third-order valence-electron chi connectivity index (χ3n) is 22.6. The second-order valence-electron chi connectivity index (χ2n) is 37.2. The minimum absolute atomic E-state index is 0.208. The Bertz CT molecular complexity index is 2570. The summed E-state index contributed by atoms with van der Waals surface area (Å²) >= 11 is 0. The van der Waals surface area contributed by atoms with Gasteiger partial charge in [0, 0.05) is 46.4 Å². The first-order chi connectivity index (χ1) is 61.8. The molecule has 0 N–H and O–H groups in total. The van der Waals surface area contributed by atoms with Crippen molar-refractivity contribution in [3.05, 3.63) is 85.7 Å². The van der Waals surface area contributed by atoms with Gasteiger partial charge in [-0.3, -0.25) is 4.79 Å². The van der Waals surface area contributed by atoms with Crippen molar-refractivity contribution < 1.29 is 62.0 Å². The smallest absolute Gasteiger partial charge is 0.333 e. The van der Waals surface area contributed by atoms with E-state index < -0.39 is 0 Å². The first-order valence-corrected chi connectivity index (χ1v) is 53.7. The Labute approximate surface area is 794 Å². The minimum atomic E-state index is -0.297. The molecule has 14 nitrogen and oxygen atoms in total. The molecule has 0 aromatic heterocycles. The van der Waals surface area contributed by atoms with Crippen molar-refractivity contribution in [2.24, 2.45) is 5.92 Å². The summed E-state index contributed by atoms with van der Waals surface area (Å²) in [6.45, 7) is 54.3. The number of carbonyl (C=O) groups excluding carboxylic acids is 7. The van der Waals surface area contributed by atoms with E-state index in [1.165, 1.54) is 417 Å². The summed E-state index contributed by atoms with van der Waals surface area (Å²) in [5, 5.41) is 0. The lowest BCUT2D eigenvalue weighted by Gasteiger charge is -2.05. The lowest BCUT2D eigenvalue weighted by molar-refractivity contribution is -0.140. The quantitative estimate of drug-likeness (QED) is 0.0243. The van der Waals surface area contributed by atoms with E-state index >= 15 is 0 Å². The highest BCUT2D eigenvalue weighted by molar-refractivity contribution is 5.89. The van der Waals surface area contributed by atoms with Crippen LogP contribution in [-0.2, 0) is 62.0 Å². The standard InChI is InChI=1S/C24H46O2.C22H42O2.C20H38O2.C18H34O2.C16H30O2.C8H14O2.C6H9NO/c1-4-5-6-7-8-9-10-11-12-13-14-15-16-17-18-19-20-21-22-26-24(25)23(2)3;1-4-5-6-7-8-9-10-11-12-13-14-15-16-17-18-19-20-24-22(23)21(2)3;1-4-5-6-7-8-9-10-11-12-13-14-15-16-17-18-22-20(21)19(2)3;1-4-5-6-7-8-9-10-11-12-13-14-15-16-20-18(19)17(2)3;1-4-5-6-7-8-9-10-11-12-13-14-18-16(17)15(2)3;1-6(2)5-10-8(9)7(3)4;1-2-7-5-3-4-6(7)8/h2,4-22H2,1,3H3;2,4-20H2,1,3H3;2,4-18H2,1,3H3;2,4-16H2,1,3H3;2,4-14H2,1,3H3;6H,3,5H2,1-2,4H3;2H,1,3-5H2. The fraction of sp³-hybridized carbons (Fsp3) is 0.816. The molecule has 0 aromatic rings. The van der Waals surface area contributed by atoms with Crippen molar-refractivity contribution in [3.8, 4) is 0 Å². The molecule has 0 aliphatic carbocycles. The summed E-state index contributed by atoms with van der Waals surface area (Å²) in [5.41, 5.74) is 2.91. The Morgan fingerprint density at radius 3 is 0.484 bits per heavy atom. The Kier molecular flexibility index (Phi) is 117. The van der Waals surface area contributed by atoms with E-state index in [4.69, 9.17) is 28.4 Å². The molecule has 0 aromatic carbocycles. The summed E-state index contributed by atoms with van der Waals surface area (Å²) in [7, 11) is 0. The number of unbranched alkanes of at least 4 members (excludes halogenated alkanes) is 65. The zero-order valence-corrected chi connectivity index (χ0v) is 87.2. The van der Waals surface area contributed by atoms with Gasteiger partial charge in [-0.15, -0.1) is 0 Å². The molecule has 128 heavy (non-hydrogen) atoms. The predicted molar refractivity (Wildman–Crippen MR) is 552 cm³/mol. The van der Waals surface area contributed by atoms with Crippen molar-refractivity contribution in [1.29, 1.82) is 0 Å². The van der Waals surface area contributed by atoms with Crippen LogP contribution in [0, 0.1) is 5.92 Å². The maximum Gasteiger partial charge on any atom is 0.333 e. The number of hydrogen-bond acceptors (Lipinski definition) is 13. The van der Waals surface area contributed by atoms with Crippen LogP contribution in [0.1, 0.15) is 552 Å². The van der Waals surface area contributed by atoms with Crippen LogP contribution in [0.15, 0.2) is 85.7 Å². The summed E-state index contributed by atoms with van der Waals surface area (Å²) in [4.78, 5) is 78.8. The Morgan fingerprint density at radius 1 is 0.250 bits per heavy atom. The molecular formula is C114H213NO13. The molecule has 1 fully saturated rings. The fourth-order valence-corrected chi connectivity index (χ4v) is 14.2. The average molecular weight is 1810 g/mol. The lowest BCUT2D eigenvalue weighted by atomic mass is 10.0. The monoisotopic (exact) mass is 1800 g/mol. The third-order valence-corrected chi connectivity index (χ3v) is 22.6. The molecule has 0 radical (unpaired) electrons. The maximum absolute atomic E-state index is 11.2. The van der Waals surface area contributed by atoms with E-state index in [1.807, 2.05) is 13.8 Å². The number of nitrogens with zero attached hydrogens (tertiary/aromatic N) is 1. The molecule has 1 aliphatic rings. The van der Waals surface area contributed by atoms with Crippen LogP contribution >= 0.6 is 0 Å². The van der Waals surface area contributed by atoms with Gasteiger partial charge in [-0.05, 0) is 92.2 Å². The highest BCUT2D eigenvalue weighted by Gasteiger charge is 2.16. The van der Waals surface area contributed by atoms with Crippen LogP contribution in [0.2, 0.25) is 0 Å². The van der Waals surface area contributed by atoms with Gasteiger partial charge in [-0.2, -0.15) is 0 Å². The SMILES string of the molecule is C=C(C)C(=O)OCC(C)C.C=C(C)C(=O)OCCCCCCCCCCCC.C=C(C)C(=O)OCCCCCCCCCCCCCC.C=C(C)C(=O)OCCCCCCCCCCCCCCCC.C=C(C)C(=O)OCCCCCCCCCCCCCCCCCC.C=C(C)C(=O)OCCCCCCCCCCCCCCCCCCCC.C=CN1CCCC1=O. The van der Waals surface area contributed by atoms with Gasteiger partial charge in [0.25, 0.3) is 0 Å². The van der Waals surface area contributed by atoms with E-state index in [2.05, 4.69) is 80.7 Å². The van der Waals surface area contributed by atoms with E-state index in [0.29, 0.717) is 85.4 Å². The van der Waals surface area contributed by atoms with Crippen LogP contribution in [-0.4, -0.2) is 92.8 Å². The minimum Gasteiger partial charge on any atom is -0.462 e. The molecule has 752 valence electrons. The van der Waals surface area contributed by atoms with E-state index in [9.17, 15) is 33.6 Å². The van der Waals surface area contributed by atoms with Crippen molar-refractivity contribution >= 4 is 41.7 Å². The predicted octanol–water partition coefficient (Wildman–Crippen LogP) is 35.4. The Hall–Kier alpha value is -5.53. The number of carbonyl (C=O) groups is 7. The van der Waals surface area contributed by atoms with Crippen LogP contribution in [0.4, 0.5) is 0 Å². The number of rotatable bonds is 84. The highest BCUT2D eigenvalue weighted by Crippen LogP contribution is 2.20. The molecule has 0 bridgehead atoms. The molecule has 1 amide bonds. The van der Waals surface area contributed by atoms with Crippen molar-refractivity contribution in [1.82, 2.24) is 4.90 Å². The van der Waals surface area contributed by atoms with Crippen LogP contribution in [0.3, 0.4) is 0 Å². The molecule has 1 heterocycles. The van der Waals surface area contributed by atoms with Gasteiger partial charge in [-0.1, -0.05) is 512 Å². The van der Waals surface area contributed by atoms with Crippen molar-refractivity contribution in [2.75, 3.05) is 46.2 Å². The number of hydrogen-bond donors (Lipinski definition) is 0. The first-order valence-electron chi connectivity index (χ1n) is 53.7. The molecule has 1 rings (SSSR count). The van der Waals surface area contributed by atoms with E-state index in [0.717, 1.165) is 45.1 Å².